The Kier molecular flexibility index (Phi) is 4.77. The van der Waals surface area contributed by atoms with E-state index in [0.29, 0.717) is 12.6 Å². The maximum Gasteiger partial charge on any atom is 0.0426 e. The highest BCUT2D eigenvalue weighted by Crippen LogP contribution is 2.16. The third kappa shape index (κ3) is 3.56. The van der Waals surface area contributed by atoms with Crippen LogP contribution < -0.4 is 11.1 Å². The predicted molar refractivity (Wildman–Crippen MR) is 62.8 cm³/mol. The number of anilines is 1. The van der Waals surface area contributed by atoms with E-state index in [-0.39, 0.29) is 0 Å². The van der Waals surface area contributed by atoms with Crippen molar-refractivity contribution in [2.75, 3.05) is 11.9 Å². The van der Waals surface area contributed by atoms with Gasteiger partial charge in [-0.1, -0.05) is 31.0 Å². The topological polar surface area (TPSA) is 38.0 Å². The maximum absolute atomic E-state index is 5.88. The Balaban J connectivity index is 2.57. The molecule has 0 amide bonds. The molecule has 0 fully saturated rings. The number of hydrogen-bond acceptors (Lipinski definition) is 2. The van der Waals surface area contributed by atoms with Crippen molar-refractivity contribution in [3.8, 4) is 0 Å². The number of nitrogens with one attached hydrogen (secondary N) is 1. The van der Waals surface area contributed by atoms with Crippen LogP contribution in [0.5, 0.6) is 0 Å². The average Bonchev–Trinajstić information content (AvgIpc) is 2.17. The second kappa shape index (κ2) is 5.89. The maximum atomic E-state index is 5.88. The lowest BCUT2D eigenvalue weighted by atomic mass is 10.1. The summed E-state index contributed by atoms with van der Waals surface area (Å²) in [5.74, 6) is 0. The molecule has 0 heterocycles. The summed E-state index contributed by atoms with van der Waals surface area (Å²) in [5, 5.41) is 4.11. The van der Waals surface area contributed by atoms with Crippen molar-refractivity contribution in [3.05, 3.63) is 29.3 Å². The van der Waals surface area contributed by atoms with Crippen LogP contribution in [0.2, 0.25) is 5.02 Å². The molecule has 3 heteroatoms. The fourth-order valence-corrected chi connectivity index (χ4v) is 1.60. The first-order chi connectivity index (χ1) is 6.76. The van der Waals surface area contributed by atoms with Gasteiger partial charge in [-0.3, -0.25) is 0 Å². The van der Waals surface area contributed by atoms with Gasteiger partial charge in [0.25, 0.3) is 0 Å². The van der Waals surface area contributed by atoms with E-state index < -0.39 is 0 Å². The molecule has 0 aliphatic rings. The Morgan fingerprint density at radius 1 is 1.50 bits per heavy atom. The molecule has 14 heavy (non-hydrogen) atoms. The van der Waals surface area contributed by atoms with Crippen LogP contribution in [0.15, 0.2) is 24.3 Å². The standard InChI is InChI=1S/C11H17ClN2/c1-2-4-11(8-13)14-10-6-3-5-9(12)7-10/h3,5-7,11,14H,2,4,8,13H2,1H3. The Bertz CT molecular complexity index is 276. The van der Waals surface area contributed by atoms with Gasteiger partial charge in [-0.15, -0.1) is 0 Å². The second-order valence-corrected chi connectivity index (χ2v) is 3.81. The normalized spacial score (nSPS) is 12.5. The highest BCUT2D eigenvalue weighted by Gasteiger charge is 2.04. The molecule has 1 aromatic rings. The van der Waals surface area contributed by atoms with Crippen LogP contribution in [-0.2, 0) is 0 Å². The minimum Gasteiger partial charge on any atom is -0.381 e. The molecule has 0 aliphatic heterocycles. The molecule has 0 saturated carbocycles. The monoisotopic (exact) mass is 212 g/mol. The van der Waals surface area contributed by atoms with Gasteiger partial charge in [0.2, 0.25) is 0 Å². The smallest absolute Gasteiger partial charge is 0.0426 e. The van der Waals surface area contributed by atoms with E-state index in [4.69, 9.17) is 17.3 Å². The van der Waals surface area contributed by atoms with Gasteiger partial charge in [0, 0.05) is 23.3 Å². The van der Waals surface area contributed by atoms with Crippen LogP contribution in [0.25, 0.3) is 0 Å². The van der Waals surface area contributed by atoms with Crippen molar-refractivity contribution in [2.45, 2.75) is 25.8 Å². The molecule has 1 aromatic carbocycles. The lowest BCUT2D eigenvalue weighted by Crippen LogP contribution is -2.28. The Morgan fingerprint density at radius 3 is 2.86 bits per heavy atom. The molecule has 1 atom stereocenters. The predicted octanol–water partition coefficient (Wildman–Crippen LogP) is 2.88. The first kappa shape index (κ1) is 11.3. The van der Waals surface area contributed by atoms with Crippen LogP contribution in [0.3, 0.4) is 0 Å². The minimum atomic E-state index is 0.346. The van der Waals surface area contributed by atoms with Crippen molar-refractivity contribution < 1.29 is 0 Å². The van der Waals surface area contributed by atoms with Gasteiger partial charge in [-0.2, -0.15) is 0 Å². The van der Waals surface area contributed by atoms with Gasteiger partial charge in [0.15, 0.2) is 0 Å². The van der Waals surface area contributed by atoms with Crippen LogP contribution in [0.4, 0.5) is 5.69 Å². The summed E-state index contributed by atoms with van der Waals surface area (Å²) in [6.45, 7) is 2.81. The largest absolute Gasteiger partial charge is 0.381 e. The van der Waals surface area contributed by atoms with Crippen molar-refractivity contribution in [3.63, 3.8) is 0 Å². The molecule has 1 unspecified atom stereocenters. The molecule has 0 saturated heterocycles. The first-order valence-corrected chi connectivity index (χ1v) is 5.36. The van der Waals surface area contributed by atoms with Gasteiger partial charge < -0.3 is 11.1 Å². The third-order valence-corrected chi connectivity index (χ3v) is 2.35. The van der Waals surface area contributed by atoms with E-state index in [1.807, 2.05) is 24.3 Å². The first-order valence-electron chi connectivity index (χ1n) is 4.98. The van der Waals surface area contributed by atoms with E-state index >= 15 is 0 Å². The summed E-state index contributed by atoms with van der Waals surface area (Å²) >= 11 is 5.88. The number of rotatable bonds is 5. The molecular formula is C11H17ClN2. The zero-order valence-corrected chi connectivity index (χ0v) is 9.22. The lowest BCUT2D eigenvalue weighted by molar-refractivity contribution is 0.648. The second-order valence-electron chi connectivity index (χ2n) is 3.38. The fourth-order valence-electron chi connectivity index (χ4n) is 1.41. The third-order valence-electron chi connectivity index (χ3n) is 2.12. The fraction of sp³-hybridized carbons (Fsp3) is 0.455. The van der Waals surface area contributed by atoms with E-state index in [2.05, 4.69) is 12.2 Å². The molecule has 0 bridgehead atoms. The van der Waals surface area contributed by atoms with E-state index in [9.17, 15) is 0 Å². The van der Waals surface area contributed by atoms with Crippen molar-refractivity contribution in [2.24, 2.45) is 5.73 Å². The number of hydrogen-bond donors (Lipinski definition) is 2. The molecule has 0 radical (unpaired) electrons. The van der Waals surface area contributed by atoms with Crippen molar-refractivity contribution in [1.82, 2.24) is 0 Å². The summed E-state index contributed by atoms with van der Waals surface area (Å²) in [6.07, 6.45) is 2.22. The van der Waals surface area contributed by atoms with Gasteiger partial charge in [-0.25, -0.2) is 0 Å². The van der Waals surface area contributed by atoms with Crippen LogP contribution in [0, 0.1) is 0 Å². The quantitative estimate of drug-likeness (QED) is 0.788. The molecule has 2 nitrogen and oxygen atoms in total. The highest BCUT2D eigenvalue weighted by molar-refractivity contribution is 6.30. The van der Waals surface area contributed by atoms with Crippen LogP contribution >= 0.6 is 11.6 Å². The van der Waals surface area contributed by atoms with E-state index in [1.54, 1.807) is 0 Å². The molecule has 1 rings (SSSR count). The Morgan fingerprint density at radius 2 is 2.29 bits per heavy atom. The summed E-state index contributed by atoms with van der Waals surface area (Å²) in [7, 11) is 0. The summed E-state index contributed by atoms with van der Waals surface area (Å²) in [5.41, 5.74) is 6.69. The van der Waals surface area contributed by atoms with Gasteiger partial charge in [0.05, 0.1) is 0 Å². The van der Waals surface area contributed by atoms with E-state index in [1.165, 1.54) is 0 Å². The molecule has 0 aromatic heterocycles. The molecule has 3 N–H and O–H groups in total. The van der Waals surface area contributed by atoms with Crippen molar-refractivity contribution in [1.29, 1.82) is 0 Å². The highest BCUT2D eigenvalue weighted by atomic mass is 35.5. The number of benzene rings is 1. The number of nitrogens with two attached hydrogens (primary N) is 1. The zero-order valence-electron chi connectivity index (χ0n) is 8.46. The molecule has 0 spiro atoms. The summed E-state index contributed by atoms with van der Waals surface area (Å²) < 4.78 is 0. The van der Waals surface area contributed by atoms with Gasteiger partial charge in [-0.05, 0) is 24.6 Å². The molecular weight excluding hydrogens is 196 g/mol. The zero-order chi connectivity index (χ0) is 10.4. The average molecular weight is 213 g/mol. The Hall–Kier alpha value is -0.730. The van der Waals surface area contributed by atoms with Gasteiger partial charge in [0.1, 0.15) is 0 Å². The van der Waals surface area contributed by atoms with E-state index in [0.717, 1.165) is 23.6 Å². The van der Waals surface area contributed by atoms with Crippen LogP contribution in [0.1, 0.15) is 19.8 Å². The Labute approximate surface area is 90.4 Å². The number of halogens is 1. The summed E-state index contributed by atoms with van der Waals surface area (Å²) in [6, 6.07) is 8.07. The minimum absolute atomic E-state index is 0.346. The summed E-state index contributed by atoms with van der Waals surface area (Å²) in [4.78, 5) is 0. The molecule has 0 aliphatic carbocycles. The van der Waals surface area contributed by atoms with Crippen molar-refractivity contribution >= 4 is 17.3 Å². The SMILES string of the molecule is CCCC(CN)Nc1cccc(Cl)c1. The van der Waals surface area contributed by atoms with Gasteiger partial charge >= 0.3 is 0 Å². The molecule has 78 valence electrons. The van der Waals surface area contributed by atoms with Crippen LogP contribution in [-0.4, -0.2) is 12.6 Å². The lowest BCUT2D eigenvalue weighted by Gasteiger charge is -2.17.